The van der Waals surface area contributed by atoms with Crippen molar-refractivity contribution >= 4 is 33.0 Å². The molecule has 1 aromatic heterocycles. The molecule has 3 aliphatic rings. The molecule has 0 spiro atoms. The zero-order valence-electron chi connectivity index (χ0n) is 28.5. The summed E-state index contributed by atoms with van der Waals surface area (Å²) in [5.74, 6) is 0. The van der Waals surface area contributed by atoms with Gasteiger partial charge in [-0.1, -0.05) is 111 Å². The van der Waals surface area contributed by atoms with E-state index in [4.69, 9.17) is 5.73 Å². The van der Waals surface area contributed by atoms with Gasteiger partial charge in [-0.05, 0) is 129 Å². The highest BCUT2D eigenvalue weighted by molar-refractivity contribution is 6.11. The fraction of sp³-hybridized carbons (Fsp3) is 0.125. The van der Waals surface area contributed by atoms with Crippen LogP contribution in [-0.4, -0.2) is 4.57 Å². The molecule has 240 valence electrons. The average Bonchev–Trinajstić information content (AvgIpc) is 3.75. The van der Waals surface area contributed by atoms with E-state index < -0.39 is 0 Å². The first-order valence-corrected chi connectivity index (χ1v) is 17.8. The molecule has 2 nitrogen and oxygen atoms in total. The lowest BCUT2D eigenvalue weighted by molar-refractivity contribution is 0.660. The van der Waals surface area contributed by atoms with Crippen LogP contribution < -0.4 is 5.73 Å². The van der Waals surface area contributed by atoms with Crippen LogP contribution in [0.1, 0.15) is 54.5 Å². The molecule has 2 N–H and O–H groups in total. The molecule has 0 atom stereocenters. The fourth-order valence-electron chi connectivity index (χ4n) is 9.18. The predicted octanol–water partition coefficient (Wildman–Crippen LogP) is 11.8. The number of nitrogens with two attached hydrogens (primary N) is 1. The lowest BCUT2D eigenvalue weighted by atomic mass is 9.81. The zero-order chi connectivity index (χ0) is 33.6. The third-order valence-corrected chi connectivity index (χ3v) is 11.5. The lowest BCUT2D eigenvalue weighted by Gasteiger charge is -2.22. The molecule has 2 heteroatoms. The van der Waals surface area contributed by atoms with Crippen molar-refractivity contribution in [1.82, 2.24) is 4.57 Å². The summed E-state index contributed by atoms with van der Waals surface area (Å²) in [6, 6.07) is 49.6. The van der Waals surface area contributed by atoms with Gasteiger partial charge in [-0.15, -0.1) is 0 Å². The average molecular weight is 643 g/mol. The van der Waals surface area contributed by atoms with Crippen molar-refractivity contribution in [2.45, 2.75) is 38.5 Å². The highest BCUT2D eigenvalue weighted by Crippen LogP contribution is 2.51. The van der Waals surface area contributed by atoms with Gasteiger partial charge in [0.05, 0.1) is 11.0 Å². The third kappa shape index (κ3) is 4.15. The molecule has 0 unspecified atom stereocenters. The van der Waals surface area contributed by atoms with Gasteiger partial charge in [0.25, 0.3) is 0 Å². The highest BCUT2D eigenvalue weighted by Gasteiger charge is 2.35. The highest BCUT2D eigenvalue weighted by atomic mass is 15.0. The molecule has 0 bridgehead atoms. The maximum absolute atomic E-state index is 6.31. The van der Waals surface area contributed by atoms with E-state index >= 15 is 0 Å². The van der Waals surface area contributed by atoms with Crippen molar-refractivity contribution in [3.8, 4) is 27.9 Å². The van der Waals surface area contributed by atoms with Crippen molar-refractivity contribution < 1.29 is 0 Å². The maximum atomic E-state index is 6.31. The SMILES string of the molecule is CC1(C)c2ccccc2-c2ccc(-c3ccc4c(c3)c3cc(CC5=CCCC6=C5/C(=C\N)c5ccccc56)ccc3n4-c3ccccc3)cc21. The van der Waals surface area contributed by atoms with Crippen LogP contribution in [0.15, 0.2) is 157 Å². The largest absolute Gasteiger partial charge is 0.404 e. The first-order valence-electron chi connectivity index (χ1n) is 17.8. The summed E-state index contributed by atoms with van der Waals surface area (Å²) >= 11 is 0. The van der Waals surface area contributed by atoms with Gasteiger partial charge in [-0.3, -0.25) is 0 Å². The number of hydrogen-bond donors (Lipinski definition) is 1. The van der Waals surface area contributed by atoms with Crippen LogP contribution in [-0.2, 0) is 11.8 Å². The molecule has 0 radical (unpaired) electrons. The molecule has 6 aromatic carbocycles. The smallest absolute Gasteiger partial charge is 0.0541 e. The number of allylic oxidation sites excluding steroid dienone is 5. The minimum absolute atomic E-state index is 0.0347. The van der Waals surface area contributed by atoms with Crippen LogP contribution in [0.5, 0.6) is 0 Å². The Morgan fingerprint density at radius 3 is 2.12 bits per heavy atom. The van der Waals surface area contributed by atoms with Crippen LogP contribution in [0.2, 0.25) is 0 Å². The summed E-state index contributed by atoms with van der Waals surface area (Å²) in [7, 11) is 0. The first-order chi connectivity index (χ1) is 24.5. The van der Waals surface area contributed by atoms with Gasteiger partial charge < -0.3 is 10.3 Å². The number of benzene rings is 6. The van der Waals surface area contributed by atoms with Crippen molar-refractivity contribution in [2.24, 2.45) is 5.73 Å². The van der Waals surface area contributed by atoms with E-state index in [1.165, 1.54) is 99.9 Å². The summed E-state index contributed by atoms with van der Waals surface area (Å²) in [5, 5.41) is 2.56. The summed E-state index contributed by atoms with van der Waals surface area (Å²) in [6.07, 6.45) is 7.25. The van der Waals surface area contributed by atoms with Gasteiger partial charge in [0.15, 0.2) is 0 Å². The Kier molecular flexibility index (Phi) is 6.30. The van der Waals surface area contributed by atoms with E-state index in [-0.39, 0.29) is 5.41 Å². The van der Waals surface area contributed by atoms with Crippen LogP contribution in [0.4, 0.5) is 0 Å². The molecule has 0 amide bonds. The molecule has 1 heterocycles. The molecule has 7 aromatic rings. The zero-order valence-corrected chi connectivity index (χ0v) is 28.5. The molecule has 0 fully saturated rings. The Bertz CT molecular complexity index is 2640. The van der Waals surface area contributed by atoms with E-state index in [0.717, 1.165) is 19.3 Å². The Balaban J connectivity index is 1.11. The van der Waals surface area contributed by atoms with Gasteiger partial charge in [0.1, 0.15) is 0 Å². The van der Waals surface area contributed by atoms with Gasteiger partial charge in [-0.2, -0.15) is 0 Å². The molecular weight excluding hydrogens is 605 g/mol. The Morgan fingerprint density at radius 2 is 1.30 bits per heavy atom. The van der Waals surface area contributed by atoms with E-state index in [1.807, 2.05) is 6.20 Å². The molecular formula is C48H38N2. The normalized spacial score (nSPS) is 16.4. The van der Waals surface area contributed by atoms with Crippen molar-refractivity contribution in [3.05, 3.63) is 185 Å². The molecule has 10 rings (SSSR count). The minimum Gasteiger partial charge on any atom is -0.404 e. The number of fused-ring (bicyclic) bond motifs is 8. The molecule has 50 heavy (non-hydrogen) atoms. The summed E-state index contributed by atoms with van der Waals surface area (Å²) in [4.78, 5) is 0. The number of rotatable bonds is 4. The molecule has 3 aliphatic carbocycles. The monoisotopic (exact) mass is 642 g/mol. The second-order valence-electron chi connectivity index (χ2n) is 14.6. The molecule has 0 aliphatic heterocycles. The summed E-state index contributed by atoms with van der Waals surface area (Å²) in [5.41, 5.74) is 27.2. The third-order valence-electron chi connectivity index (χ3n) is 11.5. The number of para-hydroxylation sites is 1. The Hall–Kier alpha value is -5.86. The van der Waals surface area contributed by atoms with Gasteiger partial charge in [-0.25, -0.2) is 0 Å². The molecule has 0 saturated carbocycles. The lowest BCUT2D eigenvalue weighted by Crippen LogP contribution is -2.14. The maximum Gasteiger partial charge on any atom is 0.0541 e. The number of hydrogen-bond acceptors (Lipinski definition) is 1. The van der Waals surface area contributed by atoms with Gasteiger partial charge in [0, 0.05) is 33.6 Å². The van der Waals surface area contributed by atoms with Gasteiger partial charge in [0.2, 0.25) is 0 Å². The van der Waals surface area contributed by atoms with Crippen LogP contribution in [0, 0.1) is 0 Å². The van der Waals surface area contributed by atoms with E-state index in [9.17, 15) is 0 Å². The van der Waals surface area contributed by atoms with Crippen molar-refractivity contribution in [1.29, 1.82) is 0 Å². The topological polar surface area (TPSA) is 30.9 Å². The molecule has 0 saturated heterocycles. The number of aromatic nitrogens is 1. The Labute approximate surface area is 293 Å². The quantitative estimate of drug-likeness (QED) is 0.203. The van der Waals surface area contributed by atoms with E-state index in [1.54, 1.807) is 0 Å². The van der Waals surface area contributed by atoms with Crippen LogP contribution >= 0.6 is 0 Å². The first kappa shape index (κ1) is 29.1. The second-order valence-corrected chi connectivity index (χ2v) is 14.6. The summed E-state index contributed by atoms with van der Waals surface area (Å²) in [6.45, 7) is 4.72. The number of nitrogens with zero attached hydrogens (tertiary/aromatic N) is 1. The van der Waals surface area contributed by atoms with Crippen LogP contribution in [0.3, 0.4) is 0 Å². The summed E-state index contributed by atoms with van der Waals surface area (Å²) < 4.78 is 2.42. The second kappa shape index (κ2) is 10.8. The van der Waals surface area contributed by atoms with Crippen molar-refractivity contribution in [3.63, 3.8) is 0 Å². The van der Waals surface area contributed by atoms with Gasteiger partial charge >= 0.3 is 0 Å². The van der Waals surface area contributed by atoms with E-state index in [2.05, 4.69) is 158 Å². The van der Waals surface area contributed by atoms with Crippen molar-refractivity contribution in [2.75, 3.05) is 0 Å². The predicted molar refractivity (Wildman–Crippen MR) is 210 cm³/mol. The fourth-order valence-corrected chi connectivity index (χ4v) is 9.18. The minimum atomic E-state index is -0.0347. The standard InChI is InChI=1S/C48H38N2/c1-48(2)43-18-9-8-16-37(43)38-22-20-32(28-44(38)48)31-21-24-46-41(27-31)40-26-30(19-23-45(40)50(46)34-12-4-3-5-13-34)25-33-11-10-17-39-35-14-6-7-15-36(35)42(29-49)47(33)39/h3-9,11-16,18-24,26-29H,10,17,25,49H2,1-2H3/b42-29-. The van der Waals surface area contributed by atoms with Crippen LogP contribution in [0.25, 0.3) is 60.9 Å². The Morgan fingerprint density at radius 1 is 0.640 bits per heavy atom. The van der Waals surface area contributed by atoms with E-state index in [0.29, 0.717) is 0 Å².